The number of halogens is 1. The fourth-order valence-electron chi connectivity index (χ4n) is 1.80. The largest absolute Gasteiger partial charge is 0.327 e. The fourth-order valence-corrected chi connectivity index (χ4v) is 2.15. The first-order valence-corrected chi connectivity index (χ1v) is 6.14. The Morgan fingerprint density at radius 1 is 1.38 bits per heavy atom. The molecule has 4 heteroatoms. The van der Waals surface area contributed by atoms with Crippen molar-refractivity contribution in [1.29, 1.82) is 0 Å². The number of nitrogens with zero attached hydrogens (tertiary/aromatic N) is 3. The molecule has 0 fully saturated rings. The van der Waals surface area contributed by atoms with E-state index in [1.807, 2.05) is 6.07 Å². The number of aryl methyl sites for hydroxylation is 1. The Morgan fingerprint density at radius 3 is 2.81 bits per heavy atom. The minimum atomic E-state index is 0.978. The Morgan fingerprint density at radius 2 is 2.12 bits per heavy atom. The predicted molar refractivity (Wildman–Crippen MR) is 70.7 cm³/mol. The van der Waals surface area contributed by atoms with Crippen LogP contribution in [0.1, 0.15) is 5.82 Å². The molecule has 0 amide bonds. The molecule has 3 nitrogen and oxygen atoms in total. The summed E-state index contributed by atoms with van der Waals surface area (Å²) in [6.45, 7) is 4.06. The van der Waals surface area contributed by atoms with Crippen LogP contribution in [-0.4, -0.2) is 35.1 Å². The van der Waals surface area contributed by atoms with Crippen LogP contribution in [0.3, 0.4) is 0 Å². The molecule has 16 heavy (non-hydrogen) atoms. The standard InChI is InChI=1S/C12H16BrN3/c1-9-14-11-5-4-10(13)8-12(11)16(9)7-6-15(2)3/h4-5,8H,6-7H2,1-3H3. The van der Waals surface area contributed by atoms with E-state index in [0.29, 0.717) is 0 Å². The number of hydrogen-bond donors (Lipinski definition) is 0. The lowest BCUT2D eigenvalue weighted by molar-refractivity contribution is 0.384. The van der Waals surface area contributed by atoms with Crippen molar-refractivity contribution in [3.8, 4) is 0 Å². The Balaban J connectivity index is 2.42. The Labute approximate surface area is 104 Å². The van der Waals surface area contributed by atoms with Crippen LogP contribution in [0.2, 0.25) is 0 Å². The lowest BCUT2D eigenvalue weighted by Gasteiger charge is -2.12. The molecule has 1 heterocycles. The highest BCUT2D eigenvalue weighted by Crippen LogP contribution is 2.20. The highest BCUT2D eigenvalue weighted by Gasteiger charge is 2.07. The van der Waals surface area contributed by atoms with Crippen LogP contribution in [0.5, 0.6) is 0 Å². The van der Waals surface area contributed by atoms with E-state index in [1.54, 1.807) is 0 Å². The van der Waals surface area contributed by atoms with Crippen molar-refractivity contribution in [3.05, 3.63) is 28.5 Å². The van der Waals surface area contributed by atoms with Crippen LogP contribution in [-0.2, 0) is 6.54 Å². The number of benzene rings is 1. The summed E-state index contributed by atoms with van der Waals surface area (Å²) >= 11 is 3.50. The maximum atomic E-state index is 4.56. The van der Waals surface area contributed by atoms with Gasteiger partial charge in [-0.05, 0) is 39.2 Å². The van der Waals surface area contributed by atoms with Crippen LogP contribution in [0, 0.1) is 6.92 Å². The quantitative estimate of drug-likeness (QED) is 0.863. The summed E-state index contributed by atoms with van der Waals surface area (Å²) in [5, 5.41) is 0. The molecule has 1 aromatic heterocycles. The maximum Gasteiger partial charge on any atom is 0.106 e. The van der Waals surface area contributed by atoms with Gasteiger partial charge < -0.3 is 9.47 Å². The lowest BCUT2D eigenvalue weighted by Crippen LogP contribution is -2.18. The molecular formula is C12H16BrN3. The molecule has 2 aromatic rings. The molecule has 0 aliphatic carbocycles. The second kappa shape index (κ2) is 4.55. The van der Waals surface area contributed by atoms with E-state index < -0.39 is 0 Å². The number of fused-ring (bicyclic) bond motifs is 1. The van der Waals surface area contributed by atoms with Crippen LogP contribution < -0.4 is 0 Å². The lowest BCUT2D eigenvalue weighted by atomic mass is 10.3. The van der Waals surface area contributed by atoms with Gasteiger partial charge in [-0.2, -0.15) is 0 Å². The van der Waals surface area contributed by atoms with Gasteiger partial charge in [0, 0.05) is 17.6 Å². The van der Waals surface area contributed by atoms with Crippen molar-refractivity contribution in [2.75, 3.05) is 20.6 Å². The normalized spacial score (nSPS) is 11.6. The Bertz CT molecular complexity index is 502. The van der Waals surface area contributed by atoms with E-state index in [2.05, 4.69) is 63.5 Å². The second-order valence-electron chi connectivity index (χ2n) is 4.25. The van der Waals surface area contributed by atoms with Gasteiger partial charge in [0.2, 0.25) is 0 Å². The summed E-state index contributed by atoms with van der Waals surface area (Å²) in [6, 6.07) is 6.22. The van der Waals surface area contributed by atoms with E-state index in [-0.39, 0.29) is 0 Å². The smallest absolute Gasteiger partial charge is 0.106 e. The van der Waals surface area contributed by atoms with Crippen molar-refractivity contribution >= 4 is 27.0 Å². The Kier molecular flexibility index (Phi) is 3.30. The number of likely N-dealkylation sites (N-methyl/N-ethyl adjacent to an activating group) is 1. The molecule has 0 aliphatic rings. The minimum absolute atomic E-state index is 0.978. The number of aromatic nitrogens is 2. The summed E-state index contributed by atoms with van der Waals surface area (Å²) in [6.07, 6.45) is 0. The summed E-state index contributed by atoms with van der Waals surface area (Å²) in [5.41, 5.74) is 2.27. The van der Waals surface area contributed by atoms with E-state index in [0.717, 1.165) is 28.9 Å². The fraction of sp³-hybridized carbons (Fsp3) is 0.417. The maximum absolute atomic E-state index is 4.56. The van der Waals surface area contributed by atoms with Crippen LogP contribution in [0.4, 0.5) is 0 Å². The van der Waals surface area contributed by atoms with Crippen molar-refractivity contribution < 1.29 is 0 Å². The average Bonchev–Trinajstić information content (AvgIpc) is 2.51. The van der Waals surface area contributed by atoms with Gasteiger partial charge in [0.15, 0.2) is 0 Å². The zero-order valence-electron chi connectivity index (χ0n) is 9.87. The van der Waals surface area contributed by atoms with Crippen molar-refractivity contribution in [1.82, 2.24) is 14.5 Å². The topological polar surface area (TPSA) is 21.1 Å². The van der Waals surface area contributed by atoms with Crippen LogP contribution in [0.25, 0.3) is 11.0 Å². The summed E-state index contributed by atoms with van der Waals surface area (Å²) < 4.78 is 3.37. The SMILES string of the molecule is Cc1nc2ccc(Br)cc2n1CCN(C)C. The summed E-state index contributed by atoms with van der Waals surface area (Å²) in [4.78, 5) is 6.74. The van der Waals surface area contributed by atoms with Gasteiger partial charge in [0.1, 0.15) is 5.82 Å². The van der Waals surface area contributed by atoms with Crippen molar-refractivity contribution in [3.63, 3.8) is 0 Å². The molecule has 0 spiro atoms. The number of rotatable bonds is 3. The highest BCUT2D eigenvalue weighted by atomic mass is 79.9. The molecule has 1 aromatic carbocycles. The molecule has 0 atom stereocenters. The van der Waals surface area contributed by atoms with Gasteiger partial charge in [-0.3, -0.25) is 0 Å². The number of hydrogen-bond acceptors (Lipinski definition) is 2. The zero-order valence-corrected chi connectivity index (χ0v) is 11.5. The monoisotopic (exact) mass is 281 g/mol. The molecule has 0 radical (unpaired) electrons. The van der Waals surface area contributed by atoms with Crippen LogP contribution >= 0.6 is 15.9 Å². The second-order valence-corrected chi connectivity index (χ2v) is 5.16. The number of imidazole rings is 1. The van der Waals surface area contributed by atoms with Crippen molar-refractivity contribution in [2.45, 2.75) is 13.5 Å². The molecule has 0 saturated carbocycles. The van der Waals surface area contributed by atoms with E-state index in [4.69, 9.17) is 0 Å². The summed E-state index contributed by atoms with van der Waals surface area (Å²) in [5.74, 6) is 1.08. The Hall–Kier alpha value is -0.870. The third kappa shape index (κ3) is 2.28. The van der Waals surface area contributed by atoms with Crippen molar-refractivity contribution in [2.24, 2.45) is 0 Å². The van der Waals surface area contributed by atoms with Crippen LogP contribution in [0.15, 0.2) is 22.7 Å². The highest BCUT2D eigenvalue weighted by molar-refractivity contribution is 9.10. The molecule has 2 rings (SSSR count). The van der Waals surface area contributed by atoms with Gasteiger partial charge in [-0.1, -0.05) is 15.9 Å². The average molecular weight is 282 g/mol. The molecule has 0 bridgehead atoms. The first-order valence-electron chi connectivity index (χ1n) is 5.35. The third-order valence-electron chi connectivity index (χ3n) is 2.67. The van der Waals surface area contributed by atoms with Gasteiger partial charge in [0.25, 0.3) is 0 Å². The molecule has 86 valence electrons. The molecule has 0 saturated heterocycles. The third-order valence-corrected chi connectivity index (χ3v) is 3.17. The molecule has 0 N–H and O–H groups in total. The summed E-state index contributed by atoms with van der Waals surface area (Å²) in [7, 11) is 4.18. The molecule has 0 unspecified atom stereocenters. The van der Waals surface area contributed by atoms with Gasteiger partial charge >= 0.3 is 0 Å². The van der Waals surface area contributed by atoms with Gasteiger partial charge in [0.05, 0.1) is 11.0 Å². The first kappa shape index (κ1) is 11.6. The van der Waals surface area contributed by atoms with E-state index in [1.165, 1.54) is 5.52 Å². The minimum Gasteiger partial charge on any atom is -0.327 e. The first-order chi connectivity index (χ1) is 7.58. The van der Waals surface area contributed by atoms with Gasteiger partial charge in [-0.15, -0.1) is 0 Å². The molecule has 0 aliphatic heterocycles. The zero-order chi connectivity index (χ0) is 11.7. The predicted octanol–water partition coefficient (Wildman–Crippen LogP) is 2.67. The van der Waals surface area contributed by atoms with E-state index >= 15 is 0 Å². The van der Waals surface area contributed by atoms with Gasteiger partial charge in [-0.25, -0.2) is 4.98 Å². The van der Waals surface area contributed by atoms with E-state index in [9.17, 15) is 0 Å². The molecular weight excluding hydrogens is 266 g/mol.